The van der Waals surface area contributed by atoms with Crippen molar-refractivity contribution in [2.45, 2.75) is 32.9 Å². The number of aliphatic carboxylic acids is 1. The van der Waals surface area contributed by atoms with Gasteiger partial charge < -0.3 is 14.4 Å². The molecule has 4 aromatic rings. The van der Waals surface area contributed by atoms with Crippen molar-refractivity contribution in [2.24, 2.45) is 0 Å². The van der Waals surface area contributed by atoms with Crippen LogP contribution >= 0.6 is 0 Å². The van der Waals surface area contributed by atoms with Gasteiger partial charge in [-0.15, -0.1) is 0 Å². The molecule has 1 aromatic heterocycles. The zero-order chi connectivity index (χ0) is 25.1. The largest absolute Gasteiger partial charge is 0.481 e. The van der Waals surface area contributed by atoms with Gasteiger partial charge in [-0.05, 0) is 64.9 Å². The molecule has 0 spiro atoms. The van der Waals surface area contributed by atoms with Crippen molar-refractivity contribution in [3.63, 3.8) is 0 Å². The van der Waals surface area contributed by atoms with Crippen LogP contribution in [0, 0.1) is 6.92 Å². The first-order chi connectivity index (χ1) is 17.5. The van der Waals surface area contributed by atoms with E-state index in [-0.39, 0.29) is 6.42 Å². The Balaban J connectivity index is 1.38. The molecular weight excluding hydrogens is 454 g/mol. The third-order valence-electron chi connectivity index (χ3n) is 6.71. The summed E-state index contributed by atoms with van der Waals surface area (Å²) in [6, 6.07) is 20.7. The molecular formula is C29H29N3O4. The van der Waals surface area contributed by atoms with Crippen molar-refractivity contribution in [3.05, 3.63) is 82.9 Å². The summed E-state index contributed by atoms with van der Waals surface area (Å²) >= 11 is 0. The number of aryl methyl sites for hydroxylation is 1. The third kappa shape index (κ3) is 5.08. The Labute approximate surface area is 210 Å². The zero-order valence-electron chi connectivity index (χ0n) is 20.5. The van der Waals surface area contributed by atoms with E-state index in [1.54, 1.807) is 7.11 Å². The minimum atomic E-state index is -0.761. The van der Waals surface area contributed by atoms with Crippen LogP contribution in [0.15, 0.2) is 65.2 Å². The molecule has 0 fully saturated rings. The Bertz CT molecular complexity index is 1400. The number of methoxy groups -OCH3 is 1. The van der Waals surface area contributed by atoms with Gasteiger partial charge in [0.05, 0.1) is 13.0 Å². The van der Waals surface area contributed by atoms with Gasteiger partial charge >= 0.3 is 5.97 Å². The lowest BCUT2D eigenvalue weighted by molar-refractivity contribution is -0.137. The minimum absolute atomic E-state index is 0.164. The van der Waals surface area contributed by atoms with E-state index < -0.39 is 5.97 Å². The highest BCUT2D eigenvalue weighted by Crippen LogP contribution is 2.32. The fraction of sp³-hybridized carbons (Fsp3) is 0.276. The topological polar surface area (TPSA) is 88.7 Å². The Kier molecular flexibility index (Phi) is 6.93. The van der Waals surface area contributed by atoms with E-state index in [0.717, 1.165) is 41.8 Å². The molecule has 3 aromatic carbocycles. The second-order valence-corrected chi connectivity index (χ2v) is 9.20. The number of ether oxygens (including phenoxy) is 1. The van der Waals surface area contributed by atoms with E-state index in [1.807, 2.05) is 24.3 Å². The maximum Gasteiger partial charge on any atom is 0.304 e. The zero-order valence-corrected chi connectivity index (χ0v) is 20.5. The number of hydrogen-bond donors (Lipinski definition) is 1. The van der Waals surface area contributed by atoms with Gasteiger partial charge in [-0.1, -0.05) is 47.6 Å². The molecule has 1 N–H and O–H groups in total. The summed E-state index contributed by atoms with van der Waals surface area (Å²) in [4.78, 5) is 17.8. The first kappa shape index (κ1) is 23.9. The van der Waals surface area contributed by atoms with Gasteiger partial charge in [0.1, 0.15) is 0 Å². The minimum Gasteiger partial charge on any atom is -0.481 e. The summed E-state index contributed by atoms with van der Waals surface area (Å²) in [5.74, 6) is 0.261. The molecule has 36 heavy (non-hydrogen) atoms. The molecule has 0 saturated heterocycles. The van der Waals surface area contributed by atoms with Crippen LogP contribution in [0.2, 0.25) is 0 Å². The molecule has 0 radical (unpaired) electrons. The van der Waals surface area contributed by atoms with E-state index in [4.69, 9.17) is 19.4 Å². The molecule has 184 valence electrons. The van der Waals surface area contributed by atoms with Crippen LogP contribution < -0.4 is 0 Å². The SMILES string of the molecule is COCc1cc(-c2nc(-c3ccc4c(c3)CCN(CCC(=O)O)C4)no2)ccc1-c1ccccc1C. The lowest BCUT2D eigenvalue weighted by Gasteiger charge is -2.28. The predicted molar refractivity (Wildman–Crippen MR) is 137 cm³/mol. The molecule has 1 aliphatic rings. The molecule has 2 heterocycles. The highest BCUT2D eigenvalue weighted by molar-refractivity contribution is 5.74. The van der Waals surface area contributed by atoms with Gasteiger partial charge in [0, 0.05) is 37.9 Å². The first-order valence-corrected chi connectivity index (χ1v) is 12.1. The van der Waals surface area contributed by atoms with Crippen molar-refractivity contribution in [1.82, 2.24) is 15.0 Å². The number of aromatic nitrogens is 2. The number of nitrogens with zero attached hydrogens (tertiary/aromatic N) is 3. The number of hydrogen-bond acceptors (Lipinski definition) is 6. The van der Waals surface area contributed by atoms with Gasteiger partial charge in [0.25, 0.3) is 5.89 Å². The van der Waals surface area contributed by atoms with Crippen LogP contribution in [0.4, 0.5) is 0 Å². The summed E-state index contributed by atoms with van der Waals surface area (Å²) in [6.45, 7) is 4.76. The van der Waals surface area contributed by atoms with Crippen molar-refractivity contribution in [1.29, 1.82) is 0 Å². The summed E-state index contributed by atoms with van der Waals surface area (Å²) in [5.41, 5.74) is 8.81. The summed E-state index contributed by atoms with van der Waals surface area (Å²) in [5, 5.41) is 13.2. The maximum atomic E-state index is 10.9. The summed E-state index contributed by atoms with van der Waals surface area (Å²) in [7, 11) is 1.70. The average Bonchev–Trinajstić information content (AvgIpc) is 3.38. The van der Waals surface area contributed by atoms with Crippen LogP contribution in [0.1, 0.15) is 28.7 Å². The van der Waals surface area contributed by atoms with E-state index >= 15 is 0 Å². The number of benzene rings is 3. The lowest BCUT2D eigenvalue weighted by Crippen LogP contribution is -2.32. The van der Waals surface area contributed by atoms with Gasteiger partial charge in [-0.25, -0.2) is 0 Å². The van der Waals surface area contributed by atoms with E-state index in [0.29, 0.717) is 24.9 Å². The normalized spacial score (nSPS) is 13.5. The number of rotatable bonds is 8. The monoisotopic (exact) mass is 483 g/mol. The van der Waals surface area contributed by atoms with Crippen LogP contribution in [0.5, 0.6) is 0 Å². The van der Waals surface area contributed by atoms with Crippen molar-refractivity contribution >= 4 is 5.97 Å². The molecule has 7 nitrogen and oxygen atoms in total. The van der Waals surface area contributed by atoms with Crippen LogP contribution in [0.3, 0.4) is 0 Å². The highest BCUT2D eigenvalue weighted by Gasteiger charge is 2.19. The summed E-state index contributed by atoms with van der Waals surface area (Å²) in [6.07, 6.45) is 1.03. The molecule has 0 unspecified atom stereocenters. The second kappa shape index (κ2) is 10.4. The predicted octanol–water partition coefficient (Wildman–Crippen LogP) is 5.36. The molecule has 0 amide bonds. The van der Waals surface area contributed by atoms with Gasteiger partial charge in [-0.2, -0.15) is 4.98 Å². The first-order valence-electron chi connectivity index (χ1n) is 12.1. The van der Waals surface area contributed by atoms with Gasteiger partial charge in [-0.3, -0.25) is 9.69 Å². The van der Waals surface area contributed by atoms with Crippen molar-refractivity contribution in [2.75, 3.05) is 20.2 Å². The lowest BCUT2D eigenvalue weighted by atomic mass is 9.94. The Morgan fingerprint density at radius 2 is 1.89 bits per heavy atom. The van der Waals surface area contributed by atoms with Crippen LogP contribution in [-0.2, 0) is 29.1 Å². The fourth-order valence-electron chi connectivity index (χ4n) is 4.79. The van der Waals surface area contributed by atoms with Gasteiger partial charge in [0.2, 0.25) is 5.82 Å². The molecule has 0 aliphatic carbocycles. The smallest absolute Gasteiger partial charge is 0.304 e. The Hall–Kier alpha value is -3.81. The fourth-order valence-corrected chi connectivity index (χ4v) is 4.79. The summed E-state index contributed by atoms with van der Waals surface area (Å²) < 4.78 is 11.1. The average molecular weight is 484 g/mol. The molecule has 0 bridgehead atoms. The number of carboxylic acid groups (broad SMARTS) is 1. The molecule has 5 rings (SSSR count). The van der Waals surface area contributed by atoms with E-state index in [9.17, 15) is 4.79 Å². The van der Waals surface area contributed by atoms with Crippen LogP contribution in [0.25, 0.3) is 34.0 Å². The van der Waals surface area contributed by atoms with Crippen molar-refractivity contribution < 1.29 is 19.2 Å². The van der Waals surface area contributed by atoms with Crippen molar-refractivity contribution in [3.8, 4) is 34.0 Å². The number of carboxylic acids is 1. The van der Waals surface area contributed by atoms with Crippen LogP contribution in [-0.4, -0.2) is 46.3 Å². The van der Waals surface area contributed by atoms with E-state index in [1.165, 1.54) is 22.3 Å². The second-order valence-electron chi connectivity index (χ2n) is 9.20. The van der Waals surface area contributed by atoms with Gasteiger partial charge in [0.15, 0.2) is 0 Å². The third-order valence-corrected chi connectivity index (χ3v) is 6.71. The molecule has 0 saturated carbocycles. The quantitative estimate of drug-likeness (QED) is 0.361. The highest BCUT2D eigenvalue weighted by atomic mass is 16.5. The molecule has 1 aliphatic heterocycles. The standard InChI is InChI=1S/C29H29N3O4/c1-19-5-3-4-6-25(19)26-10-9-22(16-24(26)18-35-2)29-30-28(31-36-29)21-7-8-23-17-32(14-12-27(33)34)13-11-20(23)15-21/h3-10,15-16H,11-14,17-18H2,1-2H3,(H,33,34). The Morgan fingerprint density at radius 3 is 2.69 bits per heavy atom. The Morgan fingerprint density at radius 1 is 1.06 bits per heavy atom. The van der Waals surface area contributed by atoms with E-state index in [2.05, 4.69) is 53.4 Å². The molecule has 0 atom stereocenters. The molecule has 7 heteroatoms. The maximum absolute atomic E-state index is 10.9. The number of fused-ring (bicyclic) bond motifs is 1. The number of carbonyl (C=O) groups is 1.